The van der Waals surface area contributed by atoms with E-state index in [1.54, 1.807) is 19.0 Å². The minimum Gasteiger partial charge on any atom is -0.340 e. The molecule has 3 amide bonds. The van der Waals surface area contributed by atoms with Gasteiger partial charge in [0.25, 0.3) is 0 Å². The lowest BCUT2D eigenvalue weighted by atomic mass is 9.88. The van der Waals surface area contributed by atoms with Gasteiger partial charge >= 0.3 is 6.03 Å². The van der Waals surface area contributed by atoms with Gasteiger partial charge in [0.05, 0.1) is 11.6 Å². The second-order valence-corrected chi connectivity index (χ2v) is 8.42. The second-order valence-electron chi connectivity index (χ2n) is 8.42. The number of nitrogens with two attached hydrogens (primary N) is 1. The lowest BCUT2D eigenvalue weighted by Crippen LogP contribution is -2.47. The molecule has 0 bridgehead atoms. The zero-order valence-electron chi connectivity index (χ0n) is 15.8. The van der Waals surface area contributed by atoms with Crippen molar-refractivity contribution in [3.63, 3.8) is 0 Å². The van der Waals surface area contributed by atoms with Gasteiger partial charge in [0.2, 0.25) is 5.91 Å². The van der Waals surface area contributed by atoms with E-state index in [0.29, 0.717) is 25.6 Å². The smallest absolute Gasteiger partial charge is 0.320 e. The molecule has 0 aromatic heterocycles. The molecule has 3 atom stereocenters. The molecule has 2 N–H and O–H groups in total. The van der Waals surface area contributed by atoms with Crippen molar-refractivity contribution in [1.29, 1.82) is 0 Å². The molecule has 1 aromatic carbocycles. The topological polar surface area (TPSA) is 69.9 Å². The first kappa shape index (κ1) is 17.3. The van der Waals surface area contributed by atoms with Crippen LogP contribution in [0.1, 0.15) is 30.0 Å². The minimum atomic E-state index is -0.615. The predicted octanol–water partition coefficient (Wildman–Crippen LogP) is 1.60. The first-order chi connectivity index (χ1) is 12.3. The van der Waals surface area contributed by atoms with Gasteiger partial charge in [0.1, 0.15) is 0 Å². The second kappa shape index (κ2) is 5.98. The molecule has 1 aliphatic carbocycles. The van der Waals surface area contributed by atoms with Crippen LogP contribution in [0.2, 0.25) is 0 Å². The summed E-state index contributed by atoms with van der Waals surface area (Å²) < 4.78 is 0. The number of rotatable bonds is 2. The van der Waals surface area contributed by atoms with Crippen LogP contribution >= 0.6 is 0 Å². The van der Waals surface area contributed by atoms with Crippen LogP contribution in [0.3, 0.4) is 0 Å². The third-order valence-electron chi connectivity index (χ3n) is 6.30. The summed E-state index contributed by atoms with van der Waals surface area (Å²) >= 11 is 0. The zero-order chi connectivity index (χ0) is 18.6. The Bertz CT molecular complexity index is 743. The van der Waals surface area contributed by atoms with E-state index in [2.05, 4.69) is 19.1 Å². The average Bonchev–Trinajstić information content (AvgIpc) is 3.08. The monoisotopic (exact) mass is 356 g/mol. The third kappa shape index (κ3) is 2.67. The van der Waals surface area contributed by atoms with Crippen LogP contribution < -0.4 is 5.73 Å². The summed E-state index contributed by atoms with van der Waals surface area (Å²) in [6.45, 7) is 4.20. The summed E-state index contributed by atoms with van der Waals surface area (Å²) in [6.07, 6.45) is 1.59. The van der Waals surface area contributed by atoms with E-state index in [0.717, 1.165) is 12.8 Å². The number of benzene rings is 1. The van der Waals surface area contributed by atoms with E-state index in [9.17, 15) is 9.59 Å². The molecule has 3 fully saturated rings. The average molecular weight is 356 g/mol. The number of hydrogen-bond acceptors (Lipinski definition) is 3. The van der Waals surface area contributed by atoms with E-state index in [4.69, 9.17) is 5.73 Å². The molecular formula is C20H28N4O2. The van der Waals surface area contributed by atoms with E-state index in [1.165, 1.54) is 11.1 Å². The van der Waals surface area contributed by atoms with Crippen molar-refractivity contribution < 1.29 is 9.59 Å². The Hall–Kier alpha value is -2.08. The lowest BCUT2D eigenvalue weighted by molar-refractivity contribution is -0.133. The number of carbonyl (C=O) groups excluding carboxylic acids is 2. The van der Waals surface area contributed by atoms with Crippen molar-refractivity contribution in [2.75, 3.05) is 33.7 Å². The number of urea groups is 1. The van der Waals surface area contributed by atoms with Gasteiger partial charge in [-0.2, -0.15) is 0 Å². The SMILES string of the molecule is Cc1ccccc1[C@H]1[C@@H]2CN(C(=O)C3(N)CC3)C[C@@H]2CN1C(=O)N(C)C. The highest BCUT2D eigenvalue weighted by atomic mass is 16.2. The number of aryl methyl sites for hydroxylation is 1. The fraction of sp³-hybridized carbons (Fsp3) is 0.600. The van der Waals surface area contributed by atoms with Crippen LogP contribution in [0.25, 0.3) is 0 Å². The van der Waals surface area contributed by atoms with Crippen LogP contribution in [-0.4, -0.2) is 65.9 Å². The standard InChI is InChI=1S/C20H28N4O2/c1-13-6-4-5-7-15(13)17-16-12-23(18(25)20(21)8-9-20)10-14(16)11-24(17)19(26)22(2)3/h4-7,14,16-17H,8-12,21H2,1-3H3/t14-,16-,17+/m1/s1. The van der Waals surface area contributed by atoms with Gasteiger partial charge in [0, 0.05) is 45.6 Å². The molecule has 2 saturated heterocycles. The maximum absolute atomic E-state index is 12.8. The predicted molar refractivity (Wildman–Crippen MR) is 99.4 cm³/mol. The zero-order valence-corrected chi connectivity index (χ0v) is 15.8. The Kier molecular flexibility index (Phi) is 3.99. The summed E-state index contributed by atoms with van der Waals surface area (Å²) in [6, 6.07) is 8.33. The molecule has 2 heterocycles. The molecule has 6 nitrogen and oxygen atoms in total. The Morgan fingerprint density at radius 2 is 1.85 bits per heavy atom. The highest BCUT2D eigenvalue weighted by molar-refractivity contribution is 5.89. The first-order valence-electron chi connectivity index (χ1n) is 9.43. The molecule has 2 aliphatic heterocycles. The van der Waals surface area contributed by atoms with Crippen LogP contribution in [0.4, 0.5) is 4.79 Å². The number of fused-ring (bicyclic) bond motifs is 1. The lowest BCUT2D eigenvalue weighted by Gasteiger charge is -2.33. The molecule has 140 valence electrons. The normalized spacial score (nSPS) is 28.8. The summed E-state index contributed by atoms with van der Waals surface area (Å²) in [5.74, 6) is 0.682. The Labute approximate surface area is 154 Å². The summed E-state index contributed by atoms with van der Waals surface area (Å²) in [4.78, 5) is 31.1. The summed E-state index contributed by atoms with van der Waals surface area (Å²) in [5.41, 5.74) is 7.91. The van der Waals surface area contributed by atoms with E-state index < -0.39 is 5.54 Å². The molecule has 1 saturated carbocycles. The van der Waals surface area contributed by atoms with Gasteiger partial charge in [-0.3, -0.25) is 4.79 Å². The van der Waals surface area contributed by atoms with E-state index >= 15 is 0 Å². The summed E-state index contributed by atoms with van der Waals surface area (Å²) in [7, 11) is 3.60. The highest BCUT2D eigenvalue weighted by Gasteiger charge is 2.55. The summed E-state index contributed by atoms with van der Waals surface area (Å²) in [5, 5.41) is 0. The van der Waals surface area contributed by atoms with Crippen molar-refractivity contribution in [2.24, 2.45) is 17.6 Å². The molecular weight excluding hydrogens is 328 g/mol. The van der Waals surface area contributed by atoms with Gasteiger partial charge in [-0.1, -0.05) is 24.3 Å². The molecule has 6 heteroatoms. The molecule has 0 unspecified atom stereocenters. The van der Waals surface area contributed by atoms with Gasteiger partial charge < -0.3 is 20.4 Å². The number of hydrogen-bond donors (Lipinski definition) is 1. The fourth-order valence-electron chi connectivity index (χ4n) is 4.65. The molecule has 1 aromatic rings. The van der Waals surface area contributed by atoms with E-state index in [1.807, 2.05) is 21.9 Å². The van der Waals surface area contributed by atoms with Gasteiger partial charge in [-0.15, -0.1) is 0 Å². The van der Waals surface area contributed by atoms with Gasteiger partial charge in [-0.05, 0) is 30.9 Å². The Balaban J connectivity index is 1.64. The quantitative estimate of drug-likeness (QED) is 0.875. The fourth-order valence-corrected chi connectivity index (χ4v) is 4.65. The molecule has 4 rings (SSSR count). The maximum Gasteiger partial charge on any atom is 0.320 e. The van der Waals surface area contributed by atoms with Crippen molar-refractivity contribution >= 4 is 11.9 Å². The van der Waals surface area contributed by atoms with Gasteiger partial charge in [-0.25, -0.2) is 4.79 Å². The number of nitrogens with zero attached hydrogens (tertiary/aromatic N) is 3. The highest BCUT2D eigenvalue weighted by Crippen LogP contribution is 2.47. The molecule has 0 radical (unpaired) electrons. The number of carbonyl (C=O) groups is 2. The largest absolute Gasteiger partial charge is 0.340 e. The number of likely N-dealkylation sites (tertiary alicyclic amines) is 2. The van der Waals surface area contributed by atoms with Crippen LogP contribution in [-0.2, 0) is 4.79 Å². The van der Waals surface area contributed by atoms with Crippen molar-refractivity contribution in [3.8, 4) is 0 Å². The molecule has 3 aliphatic rings. The maximum atomic E-state index is 12.8. The van der Waals surface area contributed by atoms with E-state index in [-0.39, 0.29) is 23.9 Å². The third-order valence-corrected chi connectivity index (χ3v) is 6.30. The van der Waals surface area contributed by atoms with Crippen molar-refractivity contribution in [3.05, 3.63) is 35.4 Å². The van der Waals surface area contributed by atoms with Crippen molar-refractivity contribution in [2.45, 2.75) is 31.3 Å². The minimum absolute atomic E-state index is 0.0156. The number of amides is 3. The van der Waals surface area contributed by atoms with Crippen LogP contribution in [0.5, 0.6) is 0 Å². The van der Waals surface area contributed by atoms with Crippen molar-refractivity contribution in [1.82, 2.24) is 14.7 Å². The molecule has 0 spiro atoms. The Morgan fingerprint density at radius 3 is 2.46 bits per heavy atom. The van der Waals surface area contributed by atoms with Crippen LogP contribution in [0.15, 0.2) is 24.3 Å². The van der Waals surface area contributed by atoms with Gasteiger partial charge in [0.15, 0.2) is 0 Å². The Morgan fingerprint density at radius 1 is 1.15 bits per heavy atom. The molecule has 26 heavy (non-hydrogen) atoms. The van der Waals surface area contributed by atoms with Crippen LogP contribution in [0, 0.1) is 18.8 Å². The first-order valence-corrected chi connectivity index (χ1v) is 9.43.